The van der Waals surface area contributed by atoms with Gasteiger partial charge in [-0.1, -0.05) is 57.9 Å². The first-order valence-corrected chi connectivity index (χ1v) is 8.56. The molecule has 0 aliphatic heterocycles. The third-order valence-corrected chi connectivity index (χ3v) is 5.29. The van der Waals surface area contributed by atoms with Gasteiger partial charge in [0.15, 0.2) is 0 Å². The summed E-state index contributed by atoms with van der Waals surface area (Å²) in [6, 6.07) is 10.1. The van der Waals surface area contributed by atoms with Crippen molar-refractivity contribution < 1.29 is 0 Å². The van der Waals surface area contributed by atoms with Crippen LogP contribution in [0.15, 0.2) is 24.3 Å². The third-order valence-electron chi connectivity index (χ3n) is 5.29. The number of rotatable bonds is 5. The molecule has 0 radical (unpaired) electrons. The standard InChI is InChI=1S/C19H32N2/c1-14(2)16-9-11-17(12-10-16)19(13-20)21(4)18-8-6-5-7-15(18)3/h9-12,14-15,18-19H,5-8,13,20H2,1-4H3. The van der Waals surface area contributed by atoms with Gasteiger partial charge in [0.2, 0.25) is 0 Å². The molecule has 1 aromatic rings. The van der Waals surface area contributed by atoms with Crippen LogP contribution in [0.1, 0.15) is 69.5 Å². The fourth-order valence-corrected chi connectivity index (χ4v) is 3.77. The van der Waals surface area contributed by atoms with E-state index < -0.39 is 0 Å². The molecule has 1 aliphatic carbocycles. The summed E-state index contributed by atoms with van der Waals surface area (Å²) in [5.74, 6) is 1.37. The Morgan fingerprint density at radius 2 is 1.67 bits per heavy atom. The van der Waals surface area contributed by atoms with Crippen molar-refractivity contribution in [3.63, 3.8) is 0 Å². The molecular formula is C19H32N2. The van der Waals surface area contributed by atoms with Gasteiger partial charge in [-0.05, 0) is 42.9 Å². The molecule has 0 aromatic heterocycles. The van der Waals surface area contributed by atoms with Gasteiger partial charge in [0.05, 0.1) is 0 Å². The Morgan fingerprint density at radius 1 is 1.10 bits per heavy atom. The van der Waals surface area contributed by atoms with E-state index >= 15 is 0 Å². The summed E-state index contributed by atoms with van der Waals surface area (Å²) in [6.07, 6.45) is 5.43. The van der Waals surface area contributed by atoms with Crippen LogP contribution in [-0.2, 0) is 0 Å². The molecule has 1 aromatic carbocycles. The summed E-state index contributed by atoms with van der Waals surface area (Å²) in [5, 5.41) is 0. The van der Waals surface area contributed by atoms with E-state index in [2.05, 4.69) is 57.0 Å². The average Bonchev–Trinajstić information content (AvgIpc) is 2.49. The van der Waals surface area contributed by atoms with Crippen LogP contribution in [0.2, 0.25) is 0 Å². The van der Waals surface area contributed by atoms with Gasteiger partial charge in [0.1, 0.15) is 0 Å². The molecule has 1 fully saturated rings. The Bertz CT molecular complexity index is 424. The van der Waals surface area contributed by atoms with Crippen molar-refractivity contribution in [3.8, 4) is 0 Å². The quantitative estimate of drug-likeness (QED) is 0.874. The zero-order valence-electron chi connectivity index (χ0n) is 14.2. The number of nitrogens with zero attached hydrogens (tertiary/aromatic N) is 1. The van der Waals surface area contributed by atoms with E-state index in [4.69, 9.17) is 5.73 Å². The van der Waals surface area contributed by atoms with Gasteiger partial charge in [0.25, 0.3) is 0 Å². The van der Waals surface area contributed by atoms with E-state index in [9.17, 15) is 0 Å². The minimum atomic E-state index is 0.344. The van der Waals surface area contributed by atoms with Crippen LogP contribution in [0.25, 0.3) is 0 Å². The van der Waals surface area contributed by atoms with Gasteiger partial charge in [-0.2, -0.15) is 0 Å². The summed E-state index contributed by atoms with van der Waals surface area (Å²) < 4.78 is 0. The highest BCUT2D eigenvalue weighted by Crippen LogP contribution is 2.32. The van der Waals surface area contributed by atoms with E-state index in [1.165, 1.54) is 36.8 Å². The Hall–Kier alpha value is -0.860. The van der Waals surface area contributed by atoms with Crippen LogP contribution in [-0.4, -0.2) is 24.5 Å². The van der Waals surface area contributed by atoms with E-state index in [1.54, 1.807) is 0 Å². The molecule has 21 heavy (non-hydrogen) atoms. The molecular weight excluding hydrogens is 256 g/mol. The average molecular weight is 288 g/mol. The highest BCUT2D eigenvalue weighted by atomic mass is 15.2. The van der Waals surface area contributed by atoms with E-state index in [0.717, 1.165) is 5.92 Å². The van der Waals surface area contributed by atoms with Gasteiger partial charge in [-0.3, -0.25) is 4.90 Å². The van der Waals surface area contributed by atoms with Crippen molar-refractivity contribution in [1.82, 2.24) is 4.90 Å². The molecule has 1 saturated carbocycles. The summed E-state index contributed by atoms with van der Waals surface area (Å²) in [6.45, 7) is 7.58. The highest BCUT2D eigenvalue weighted by molar-refractivity contribution is 5.27. The lowest BCUT2D eigenvalue weighted by molar-refractivity contribution is 0.0992. The maximum Gasteiger partial charge on any atom is 0.0470 e. The summed E-state index contributed by atoms with van der Waals surface area (Å²) in [5.41, 5.74) is 8.88. The first kappa shape index (κ1) is 16.5. The van der Waals surface area contributed by atoms with Crippen LogP contribution in [0, 0.1) is 5.92 Å². The minimum Gasteiger partial charge on any atom is -0.329 e. The van der Waals surface area contributed by atoms with Gasteiger partial charge in [0, 0.05) is 18.6 Å². The first-order chi connectivity index (χ1) is 10.0. The molecule has 0 spiro atoms. The monoisotopic (exact) mass is 288 g/mol. The molecule has 0 saturated heterocycles. The van der Waals surface area contributed by atoms with Crippen LogP contribution >= 0.6 is 0 Å². The lowest BCUT2D eigenvalue weighted by Crippen LogP contribution is -2.43. The smallest absolute Gasteiger partial charge is 0.0470 e. The minimum absolute atomic E-state index is 0.344. The van der Waals surface area contributed by atoms with E-state index in [1.807, 2.05) is 0 Å². The molecule has 118 valence electrons. The van der Waals surface area contributed by atoms with Crippen molar-refractivity contribution in [2.24, 2.45) is 11.7 Å². The van der Waals surface area contributed by atoms with Crippen molar-refractivity contribution in [3.05, 3.63) is 35.4 Å². The van der Waals surface area contributed by atoms with Crippen LogP contribution in [0.5, 0.6) is 0 Å². The topological polar surface area (TPSA) is 29.3 Å². The second-order valence-corrected chi connectivity index (χ2v) is 7.07. The molecule has 1 aliphatic rings. The van der Waals surface area contributed by atoms with Crippen molar-refractivity contribution >= 4 is 0 Å². The van der Waals surface area contributed by atoms with Crippen LogP contribution < -0.4 is 5.73 Å². The molecule has 2 nitrogen and oxygen atoms in total. The second-order valence-electron chi connectivity index (χ2n) is 7.07. The number of nitrogens with two attached hydrogens (primary N) is 1. The molecule has 2 rings (SSSR count). The fraction of sp³-hybridized carbons (Fsp3) is 0.684. The molecule has 3 atom stereocenters. The highest BCUT2D eigenvalue weighted by Gasteiger charge is 2.29. The lowest BCUT2D eigenvalue weighted by Gasteiger charge is -2.40. The number of benzene rings is 1. The number of likely N-dealkylation sites (N-methyl/N-ethyl adjacent to an activating group) is 1. The Morgan fingerprint density at radius 3 is 2.19 bits per heavy atom. The third kappa shape index (κ3) is 3.87. The number of hydrogen-bond acceptors (Lipinski definition) is 2. The largest absolute Gasteiger partial charge is 0.329 e. The Kier molecular flexibility index (Phi) is 5.83. The molecule has 3 unspecified atom stereocenters. The predicted octanol–water partition coefficient (Wildman–Crippen LogP) is 4.32. The summed E-state index contributed by atoms with van der Waals surface area (Å²) in [7, 11) is 2.26. The van der Waals surface area contributed by atoms with Gasteiger partial charge in [-0.15, -0.1) is 0 Å². The second kappa shape index (κ2) is 7.42. The van der Waals surface area contributed by atoms with Crippen molar-refractivity contribution in [2.75, 3.05) is 13.6 Å². The first-order valence-electron chi connectivity index (χ1n) is 8.56. The normalized spacial score (nSPS) is 24.5. The van der Waals surface area contributed by atoms with Crippen LogP contribution in [0.4, 0.5) is 0 Å². The molecule has 2 heteroatoms. The molecule has 0 bridgehead atoms. The zero-order chi connectivity index (χ0) is 15.4. The van der Waals surface area contributed by atoms with Gasteiger partial charge < -0.3 is 5.73 Å². The summed E-state index contributed by atoms with van der Waals surface area (Å²) >= 11 is 0. The Labute approximate surface area is 130 Å². The van der Waals surface area contributed by atoms with E-state index in [0.29, 0.717) is 24.5 Å². The van der Waals surface area contributed by atoms with Crippen LogP contribution in [0.3, 0.4) is 0 Å². The maximum absolute atomic E-state index is 6.11. The number of hydrogen-bond donors (Lipinski definition) is 1. The maximum atomic E-state index is 6.11. The summed E-state index contributed by atoms with van der Waals surface area (Å²) in [4.78, 5) is 2.54. The predicted molar refractivity (Wildman–Crippen MR) is 91.5 cm³/mol. The molecule has 2 N–H and O–H groups in total. The van der Waals surface area contributed by atoms with Crippen molar-refractivity contribution in [2.45, 2.75) is 64.5 Å². The van der Waals surface area contributed by atoms with Crippen molar-refractivity contribution in [1.29, 1.82) is 0 Å². The lowest BCUT2D eigenvalue weighted by atomic mass is 9.84. The SMILES string of the molecule is CC(C)c1ccc(C(CN)N(C)C2CCCCC2C)cc1. The van der Waals surface area contributed by atoms with Gasteiger partial charge >= 0.3 is 0 Å². The van der Waals surface area contributed by atoms with Gasteiger partial charge in [-0.25, -0.2) is 0 Å². The molecule has 0 amide bonds. The molecule has 0 heterocycles. The fourth-order valence-electron chi connectivity index (χ4n) is 3.77. The van der Waals surface area contributed by atoms with E-state index in [-0.39, 0.29) is 0 Å². The zero-order valence-corrected chi connectivity index (χ0v) is 14.2. The Balaban J connectivity index is 2.14.